The number of hydrogen-bond donors (Lipinski definition) is 2. The van der Waals surface area contributed by atoms with Crippen LogP contribution < -0.4 is 10.6 Å². The second-order valence-corrected chi connectivity index (χ2v) is 8.37. The highest BCUT2D eigenvalue weighted by molar-refractivity contribution is 14.0. The molecule has 2 N–H and O–H groups in total. The van der Waals surface area contributed by atoms with Gasteiger partial charge in [-0.05, 0) is 57.4 Å². The fraction of sp³-hybridized carbons (Fsp3) is 0.952. The molecule has 2 aliphatic rings. The largest absolute Gasteiger partial charge is 0.379 e. The second-order valence-electron chi connectivity index (χ2n) is 8.37. The average molecular weight is 511 g/mol. The van der Waals surface area contributed by atoms with Crippen LogP contribution in [0, 0.1) is 11.8 Å². The lowest BCUT2D eigenvalue weighted by Crippen LogP contribution is -2.41. The molecule has 0 aliphatic carbocycles. The van der Waals surface area contributed by atoms with Crippen molar-refractivity contribution in [2.24, 2.45) is 16.8 Å². The van der Waals surface area contributed by atoms with Gasteiger partial charge in [-0.3, -0.25) is 4.99 Å². The van der Waals surface area contributed by atoms with E-state index in [0.717, 1.165) is 64.2 Å². The zero-order chi connectivity index (χ0) is 19.3. The molecule has 2 heterocycles. The number of hydrogen-bond acceptors (Lipinski definition) is 4. The molecule has 2 saturated heterocycles. The number of aliphatic imine (C=N–C) groups is 1. The van der Waals surface area contributed by atoms with Crippen LogP contribution in [0.15, 0.2) is 4.99 Å². The lowest BCUT2D eigenvalue weighted by atomic mass is 9.97. The molecular formula is C21H43IN4O2. The minimum atomic E-state index is 0. The van der Waals surface area contributed by atoms with Crippen molar-refractivity contribution in [3.8, 4) is 0 Å². The molecule has 28 heavy (non-hydrogen) atoms. The predicted molar refractivity (Wildman–Crippen MR) is 128 cm³/mol. The van der Waals surface area contributed by atoms with E-state index < -0.39 is 0 Å². The first-order chi connectivity index (χ1) is 13.2. The number of nitrogens with zero attached hydrogens (tertiary/aromatic N) is 2. The minimum Gasteiger partial charge on any atom is -0.379 e. The van der Waals surface area contributed by atoms with Crippen LogP contribution in [-0.2, 0) is 9.47 Å². The number of piperidine rings is 1. The molecule has 0 amide bonds. The summed E-state index contributed by atoms with van der Waals surface area (Å²) >= 11 is 0. The molecule has 0 saturated carbocycles. The maximum atomic E-state index is 5.73. The van der Waals surface area contributed by atoms with Crippen LogP contribution in [0.5, 0.6) is 0 Å². The Bertz CT molecular complexity index is 417. The molecule has 166 valence electrons. The Labute approximate surface area is 189 Å². The summed E-state index contributed by atoms with van der Waals surface area (Å²) in [7, 11) is 0. The van der Waals surface area contributed by atoms with Crippen molar-refractivity contribution in [2.45, 2.75) is 59.0 Å². The topological polar surface area (TPSA) is 58.1 Å². The number of halogens is 1. The zero-order valence-electron chi connectivity index (χ0n) is 18.3. The third-order valence-electron chi connectivity index (χ3n) is 5.16. The lowest BCUT2D eigenvalue weighted by molar-refractivity contribution is 0.0168. The van der Waals surface area contributed by atoms with Gasteiger partial charge in [0.05, 0.1) is 12.7 Å². The number of likely N-dealkylation sites (tertiary alicyclic amines) is 1. The third kappa shape index (κ3) is 11.2. The zero-order valence-corrected chi connectivity index (χ0v) is 20.6. The van der Waals surface area contributed by atoms with Gasteiger partial charge in [0.2, 0.25) is 0 Å². The highest BCUT2D eigenvalue weighted by atomic mass is 127. The smallest absolute Gasteiger partial charge is 0.191 e. The molecule has 0 aromatic heterocycles. The summed E-state index contributed by atoms with van der Waals surface area (Å²) in [5.41, 5.74) is 0. The first-order valence-corrected chi connectivity index (χ1v) is 11.1. The Morgan fingerprint density at radius 2 is 2.11 bits per heavy atom. The van der Waals surface area contributed by atoms with Crippen molar-refractivity contribution in [2.75, 3.05) is 59.1 Å². The van der Waals surface area contributed by atoms with E-state index in [1.807, 2.05) is 0 Å². The number of ether oxygens (including phenoxy) is 2. The highest BCUT2D eigenvalue weighted by Gasteiger charge is 2.20. The molecular weight excluding hydrogens is 467 g/mol. The minimum absolute atomic E-state index is 0. The summed E-state index contributed by atoms with van der Waals surface area (Å²) in [6.07, 6.45) is 6.23. The molecule has 2 rings (SSSR count). The van der Waals surface area contributed by atoms with E-state index in [0.29, 0.717) is 12.0 Å². The van der Waals surface area contributed by atoms with Crippen LogP contribution in [0.3, 0.4) is 0 Å². The van der Waals surface area contributed by atoms with Gasteiger partial charge < -0.3 is 25.0 Å². The van der Waals surface area contributed by atoms with E-state index >= 15 is 0 Å². The molecule has 6 nitrogen and oxygen atoms in total. The van der Waals surface area contributed by atoms with Crippen molar-refractivity contribution >= 4 is 29.9 Å². The summed E-state index contributed by atoms with van der Waals surface area (Å²) in [5.74, 6) is 2.37. The van der Waals surface area contributed by atoms with Crippen LogP contribution in [0.25, 0.3) is 0 Å². The Balaban J connectivity index is 0.00000392. The van der Waals surface area contributed by atoms with Crippen LogP contribution in [0.1, 0.15) is 52.9 Å². The van der Waals surface area contributed by atoms with Gasteiger partial charge in [0.15, 0.2) is 5.96 Å². The summed E-state index contributed by atoms with van der Waals surface area (Å²) in [4.78, 5) is 7.45. The molecule has 0 radical (unpaired) electrons. The van der Waals surface area contributed by atoms with Gasteiger partial charge in [0.25, 0.3) is 0 Å². The quantitative estimate of drug-likeness (QED) is 0.194. The Hall–Kier alpha value is -0.120. The van der Waals surface area contributed by atoms with E-state index in [-0.39, 0.29) is 24.0 Å². The maximum Gasteiger partial charge on any atom is 0.191 e. The van der Waals surface area contributed by atoms with E-state index in [9.17, 15) is 0 Å². The molecule has 0 aromatic rings. The highest BCUT2D eigenvalue weighted by Crippen LogP contribution is 2.17. The fourth-order valence-corrected chi connectivity index (χ4v) is 3.92. The Kier molecular flexibility index (Phi) is 14.5. The molecule has 0 spiro atoms. The average Bonchev–Trinajstić information content (AvgIpc) is 3.15. The normalized spacial score (nSPS) is 23.6. The van der Waals surface area contributed by atoms with Gasteiger partial charge >= 0.3 is 0 Å². The van der Waals surface area contributed by atoms with Crippen LogP contribution in [0.2, 0.25) is 0 Å². The summed E-state index contributed by atoms with van der Waals surface area (Å²) < 4.78 is 11.3. The Morgan fingerprint density at radius 1 is 1.25 bits per heavy atom. The van der Waals surface area contributed by atoms with Gasteiger partial charge in [0.1, 0.15) is 0 Å². The fourth-order valence-electron chi connectivity index (χ4n) is 3.92. The summed E-state index contributed by atoms with van der Waals surface area (Å²) in [6, 6.07) is 0. The van der Waals surface area contributed by atoms with Crippen LogP contribution in [0.4, 0.5) is 0 Å². The van der Waals surface area contributed by atoms with Gasteiger partial charge in [0, 0.05) is 45.9 Å². The van der Waals surface area contributed by atoms with Crippen molar-refractivity contribution in [1.29, 1.82) is 0 Å². The maximum absolute atomic E-state index is 5.73. The molecule has 2 atom stereocenters. The Morgan fingerprint density at radius 3 is 2.82 bits per heavy atom. The summed E-state index contributed by atoms with van der Waals surface area (Å²) in [5, 5.41) is 6.81. The van der Waals surface area contributed by atoms with Gasteiger partial charge in [-0.25, -0.2) is 0 Å². The number of nitrogens with one attached hydrogen (secondary N) is 2. The van der Waals surface area contributed by atoms with Crippen molar-refractivity contribution < 1.29 is 9.47 Å². The SMILES string of the molecule is CCNC(=NCC1CCCN(CC(C)C)C1)NCCCOCC1CCCO1.I. The van der Waals surface area contributed by atoms with Crippen LogP contribution >= 0.6 is 24.0 Å². The summed E-state index contributed by atoms with van der Waals surface area (Å²) in [6.45, 7) is 15.5. The molecule has 0 aromatic carbocycles. The predicted octanol–water partition coefficient (Wildman–Crippen LogP) is 3.11. The number of rotatable bonds is 11. The lowest BCUT2D eigenvalue weighted by Gasteiger charge is -2.33. The van der Waals surface area contributed by atoms with E-state index in [4.69, 9.17) is 14.5 Å². The van der Waals surface area contributed by atoms with Gasteiger partial charge in [-0.1, -0.05) is 13.8 Å². The monoisotopic (exact) mass is 510 g/mol. The first kappa shape index (κ1) is 25.9. The number of guanidine groups is 1. The van der Waals surface area contributed by atoms with Gasteiger partial charge in [-0.15, -0.1) is 24.0 Å². The standard InChI is InChI=1S/C21H42N4O2.HI/c1-4-22-21(23-10-7-12-26-17-20-9-6-13-27-20)24-14-19-8-5-11-25(16-19)15-18(2)3;/h18-20H,4-17H2,1-3H3,(H2,22,23,24);1H. The molecule has 2 unspecified atom stereocenters. The van der Waals surface area contributed by atoms with E-state index in [1.165, 1.54) is 38.9 Å². The molecule has 7 heteroatoms. The first-order valence-electron chi connectivity index (χ1n) is 11.1. The molecule has 0 bridgehead atoms. The van der Waals surface area contributed by atoms with E-state index in [2.05, 4.69) is 36.3 Å². The third-order valence-corrected chi connectivity index (χ3v) is 5.16. The molecule has 2 fully saturated rings. The van der Waals surface area contributed by atoms with Crippen molar-refractivity contribution in [3.05, 3.63) is 0 Å². The molecule has 2 aliphatic heterocycles. The van der Waals surface area contributed by atoms with Crippen LogP contribution in [-0.4, -0.2) is 76.1 Å². The second kappa shape index (κ2) is 15.7. The van der Waals surface area contributed by atoms with Gasteiger partial charge in [-0.2, -0.15) is 0 Å². The van der Waals surface area contributed by atoms with Crippen molar-refractivity contribution in [1.82, 2.24) is 15.5 Å². The van der Waals surface area contributed by atoms with Crippen molar-refractivity contribution in [3.63, 3.8) is 0 Å². The van der Waals surface area contributed by atoms with E-state index in [1.54, 1.807) is 0 Å².